The fourth-order valence-corrected chi connectivity index (χ4v) is 4.85. The molecule has 3 heterocycles. The Morgan fingerprint density at radius 2 is 2.03 bits per heavy atom. The summed E-state index contributed by atoms with van der Waals surface area (Å²) < 4.78 is 16.6. The quantitative estimate of drug-likeness (QED) is 0.353. The Hall–Kier alpha value is -2.24. The first-order chi connectivity index (χ1) is 15.9. The van der Waals surface area contributed by atoms with Crippen LogP contribution in [-0.2, 0) is 11.2 Å². The van der Waals surface area contributed by atoms with Crippen LogP contribution in [0.15, 0.2) is 54.0 Å². The van der Waals surface area contributed by atoms with Crippen molar-refractivity contribution < 1.29 is 34.3 Å². The highest BCUT2D eigenvalue weighted by Gasteiger charge is 2.45. The zero-order valence-corrected chi connectivity index (χ0v) is 19.1. The van der Waals surface area contributed by atoms with Gasteiger partial charge in [0.15, 0.2) is 0 Å². The van der Waals surface area contributed by atoms with E-state index in [4.69, 9.17) is 25.5 Å². The molecule has 1 fully saturated rings. The number of hydrogen-bond donors (Lipinski definition) is 4. The van der Waals surface area contributed by atoms with Gasteiger partial charge in [0.1, 0.15) is 42.9 Å². The molecule has 1 aliphatic rings. The number of aliphatic hydroxyl groups is 4. The second-order valence-electron chi connectivity index (χ2n) is 7.64. The van der Waals surface area contributed by atoms with Crippen molar-refractivity contribution in [2.75, 3.05) is 13.2 Å². The average molecular weight is 494 g/mol. The molecule has 0 spiro atoms. The normalized spacial score (nSPS) is 25.2. The van der Waals surface area contributed by atoms with Gasteiger partial charge in [0.2, 0.25) is 0 Å². The number of hydrogen-bond acceptors (Lipinski definition) is 9. The van der Waals surface area contributed by atoms with Gasteiger partial charge in [0.05, 0.1) is 29.0 Å². The van der Waals surface area contributed by atoms with Gasteiger partial charge in [0.25, 0.3) is 0 Å². The van der Waals surface area contributed by atoms with Gasteiger partial charge in [-0.25, -0.2) is 4.98 Å². The molecule has 5 atom stereocenters. The van der Waals surface area contributed by atoms with E-state index in [1.807, 2.05) is 6.07 Å². The molecule has 176 valence electrons. The molecule has 4 N–H and O–H groups in total. The van der Waals surface area contributed by atoms with E-state index in [1.54, 1.807) is 36.9 Å². The molecule has 0 saturated carbocycles. The van der Waals surface area contributed by atoms with Crippen LogP contribution in [-0.4, -0.2) is 63.0 Å². The van der Waals surface area contributed by atoms with Crippen molar-refractivity contribution >= 4 is 22.9 Å². The third-order valence-corrected chi connectivity index (χ3v) is 6.83. The molecule has 0 amide bonds. The van der Waals surface area contributed by atoms with Crippen LogP contribution >= 0.6 is 22.9 Å². The van der Waals surface area contributed by atoms with Crippen molar-refractivity contribution in [3.8, 4) is 16.2 Å². The molecule has 1 aliphatic heterocycles. The van der Waals surface area contributed by atoms with Crippen molar-refractivity contribution in [3.05, 3.63) is 70.7 Å². The Labute approximate surface area is 199 Å². The summed E-state index contributed by atoms with van der Waals surface area (Å²) in [6.45, 7) is 3.30. The molecule has 3 aromatic rings. The Morgan fingerprint density at radius 1 is 1.21 bits per heavy atom. The summed E-state index contributed by atoms with van der Waals surface area (Å²) >= 11 is 8.04. The molecule has 33 heavy (non-hydrogen) atoms. The molecule has 4 rings (SSSR count). The van der Waals surface area contributed by atoms with Crippen LogP contribution in [0.3, 0.4) is 0 Å². The van der Waals surface area contributed by atoms with Gasteiger partial charge in [0, 0.05) is 28.8 Å². The molecule has 0 unspecified atom stereocenters. The first-order valence-electron chi connectivity index (χ1n) is 10.3. The molecule has 0 aliphatic carbocycles. The van der Waals surface area contributed by atoms with E-state index < -0.39 is 37.1 Å². The van der Waals surface area contributed by atoms with E-state index in [0.717, 1.165) is 15.4 Å². The van der Waals surface area contributed by atoms with Gasteiger partial charge >= 0.3 is 0 Å². The lowest BCUT2D eigenvalue weighted by atomic mass is 9.90. The number of furan rings is 1. The summed E-state index contributed by atoms with van der Waals surface area (Å²) in [5.41, 5.74) is 2.07. The molecule has 0 radical (unpaired) electrons. The van der Waals surface area contributed by atoms with E-state index in [0.29, 0.717) is 28.3 Å². The maximum absolute atomic E-state index is 10.6. The second kappa shape index (κ2) is 10.4. The number of aliphatic hydroxyl groups excluding tert-OH is 4. The third-order valence-electron chi connectivity index (χ3n) is 5.44. The van der Waals surface area contributed by atoms with Crippen molar-refractivity contribution in [2.24, 2.45) is 0 Å². The zero-order valence-electron chi connectivity index (χ0n) is 17.5. The SMILES string of the molecule is C=CCOc1cc(Cl)c(Cc2ncc(-c3ccoc3)s2)cc1[C@@H]1O[C@H](CO)[C@@H](O)[C@H](O)[C@H]1O. The lowest BCUT2D eigenvalue weighted by Gasteiger charge is -2.40. The first-order valence-corrected chi connectivity index (χ1v) is 11.5. The van der Waals surface area contributed by atoms with Crippen molar-refractivity contribution in [1.82, 2.24) is 4.98 Å². The van der Waals surface area contributed by atoms with E-state index >= 15 is 0 Å². The maximum Gasteiger partial charge on any atom is 0.127 e. The molecule has 2 aromatic heterocycles. The Balaban J connectivity index is 1.68. The van der Waals surface area contributed by atoms with E-state index in [-0.39, 0.29) is 6.61 Å². The topological polar surface area (TPSA) is 125 Å². The van der Waals surface area contributed by atoms with Crippen molar-refractivity contribution in [1.29, 1.82) is 0 Å². The summed E-state index contributed by atoms with van der Waals surface area (Å²) in [5.74, 6) is 0.339. The van der Waals surface area contributed by atoms with Gasteiger partial charge in [-0.2, -0.15) is 0 Å². The Bertz CT molecular complexity index is 1080. The number of ether oxygens (including phenoxy) is 2. The fourth-order valence-electron chi connectivity index (χ4n) is 3.70. The Morgan fingerprint density at radius 3 is 2.73 bits per heavy atom. The van der Waals surface area contributed by atoms with Crippen molar-refractivity contribution in [3.63, 3.8) is 0 Å². The van der Waals surface area contributed by atoms with Gasteiger partial charge in [-0.3, -0.25) is 0 Å². The monoisotopic (exact) mass is 493 g/mol. The minimum atomic E-state index is -1.51. The summed E-state index contributed by atoms with van der Waals surface area (Å²) in [7, 11) is 0. The molecule has 10 heteroatoms. The van der Waals surface area contributed by atoms with Crippen molar-refractivity contribution in [2.45, 2.75) is 36.9 Å². The highest BCUT2D eigenvalue weighted by molar-refractivity contribution is 7.15. The van der Waals surface area contributed by atoms with Crippen LogP contribution in [0.25, 0.3) is 10.4 Å². The van der Waals surface area contributed by atoms with Gasteiger partial charge in [-0.1, -0.05) is 24.3 Å². The second-order valence-corrected chi connectivity index (χ2v) is 9.16. The lowest BCUT2D eigenvalue weighted by Crippen LogP contribution is -2.55. The third kappa shape index (κ3) is 4.99. The fraction of sp³-hybridized carbons (Fsp3) is 0.348. The standard InChI is InChI=1S/C23H24ClNO7S/c1-2-4-31-16-8-15(24)13(7-19-25-9-18(33-19)12-3-5-30-11-12)6-14(16)23-22(29)21(28)20(27)17(10-26)32-23/h2-3,5-6,8-9,11,17,20-23,26-29H,1,4,7,10H2/t17-,20-,21+,22-,23+/m1/s1. The number of benzene rings is 1. The molecular weight excluding hydrogens is 470 g/mol. The minimum absolute atomic E-state index is 0.181. The predicted molar refractivity (Wildman–Crippen MR) is 122 cm³/mol. The summed E-state index contributed by atoms with van der Waals surface area (Å²) in [6, 6.07) is 5.20. The number of thiazole rings is 1. The number of halogens is 1. The van der Waals surface area contributed by atoms with Crippen LogP contribution in [0.5, 0.6) is 5.75 Å². The molecular formula is C23H24ClNO7S. The summed E-state index contributed by atoms with van der Waals surface area (Å²) in [6.07, 6.45) is 0.457. The molecule has 1 aromatic carbocycles. The highest BCUT2D eigenvalue weighted by atomic mass is 35.5. The van der Waals surface area contributed by atoms with Gasteiger partial charge in [-0.05, 0) is 23.8 Å². The van der Waals surface area contributed by atoms with E-state index in [9.17, 15) is 20.4 Å². The first kappa shape index (κ1) is 23.9. The van der Waals surface area contributed by atoms with Crippen LogP contribution < -0.4 is 4.74 Å². The largest absolute Gasteiger partial charge is 0.489 e. The number of nitrogens with zero attached hydrogens (tertiary/aromatic N) is 1. The van der Waals surface area contributed by atoms with Gasteiger partial charge in [-0.15, -0.1) is 11.3 Å². The summed E-state index contributed by atoms with van der Waals surface area (Å²) in [5, 5.41) is 41.8. The minimum Gasteiger partial charge on any atom is -0.489 e. The van der Waals surface area contributed by atoms with E-state index in [2.05, 4.69) is 11.6 Å². The zero-order chi connectivity index (χ0) is 23.5. The highest BCUT2D eigenvalue weighted by Crippen LogP contribution is 2.40. The van der Waals surface area contributed by atoms with Crippen LogP contribution in [0.1, 0.15) is 22.2 Å². The summed E-state index contributed by atoms with van der Waals surface area (Å²) in [4.78, 5) is 5.43. The smallest absolute Gasteiger partial charge is 0.127 e. The van der Waals surface area contributed by atoms with E-state index in [1.165, 1.54) is 11.3 Å². The average Bonchev–Trinajstić information content (AvgIpc) is 3.50. The van der Waals surface area contributed by atoms with Crippen LogP contribution in [0, 0.1) is 0 Å². The predicted octanol–water partition coefficient (Wildman–Crippen LogP) is 2.73. The van der Waals surface area contributed by atoms with Gasteiger partial charge < -0.3 is 34.3 Å². The molecule has 0 bridgehead atoms. The van der Waals surface area contributed by atoms with Crippen LogP contribution in [0.2, 0.25) is 5.02 Å². The maximum atomic E-state index is 10.6. The molecule has 8 nitrogen and oxygen atoms in total. The number of rotatable bonds is 8. The molecule has 1 saturated heterocycles. The Kier molecular flexibility index (Phi) is 7.50. The van der Waals surface area contributed by atoms with Crippen LogP contribution in [0.4, 0.5) is 0 Å². The number of aromatic nitrogens is 1. The lowest BCUT2D eigenvalue weighted by molar-refractivity contribution is -0.232.